The molecule has 2 rings (SSSR count). The highest BCUT2D eigenvalue weighted by atomic mass is 35.5. The van der Waals surface area contributed by atoms with Gasteiger partial charge in [0.05, 0.1) is 10.7 Å². The number of ether oxygens (including phenoxy) is 1. The molecule has 2 aromatic rings. The van der Waals surface area contributed by atoms with Crippen LogP contribution < -0.4 is 20.9 Å². The lowest BCUT2D eigenvalue weighted by molar-refractivity contribution is -0.133. The van der Waals surface area contributed by atoms with Crippen LogP contribution in [0, 0.1) is 6.92 Å². The van der Waals surface area contributed by atoms with Crippen LogP contribution in [0.25, 0.3) is 0 Å². The molecule has 0 saturated carbocycles. The minimum atomic E-state index is -0.749. The number of carbonyl (C=O) groups excluding carboxylic acids is 3. The largest absolute Gasteiger partial charge is 0.481 e. The van der Waals surface area contributed by atoms with E-state index in [1.165, 1.54) is 0 Å². The number of aryl methyl sites for hydroxylation is 1. The van der Waals surface area contributed by atoms with Gasteiger partial charge in [0.15, 0.2) is 6.10 Å². The van der Waals surface area contributed by atoms with E-state index in [-0.39, 0.29) is 18.7 Å². The Kier molecular flexibility index (Phi) is 8.48. The van der Waals surface area contributed by atoms with Crippen LogP contribution in [0.15, 0.2) is 48.5 Å². The van der Waals surface area contributed by atoms with Crippen molar-refractivity contribution in [1.29, 1.82) is 0 Å². The molecule has 8 heteroatoms. The highest BCUT2D eigenvalue weighted by Crippen LogP contribution is 2.20. The number of hydrazine groups is 1. The maximum atomic E-state index is 12.2. The van der Waals surface area contributed by atoms with Crippen molar-refractivity contribution in [2.24, 2.45) is 0 Å². The second kappa shape index (κ2) is 11.1. The predicted octanol–water partition coefficient (Wildman–Crippen LogP) is 3.37. The molecule has 3 amide bonds. The normalized spacial score (nSPS) is 11.3. The van der Waals surface area contributed by atoms with E-state index in [1.807, 2.05) is 19.1 Å². The van der Waals surface area contributed by atoms with Crippen LogP contribution in [0.2, 0.25) is 5.02 Å². The van der Waals surface area contributed by atoms with Gasteiger partial charge < -0.3 is 10.1 Å². The minimum absolute atomic E-state index is 0.0516. The van der Waals surface area contributed by atoms with E-state index in [0.29, 0.717) is 22.9 Å². The molecular formula is C21H24ClN3O4. The zero-order valence-corrected chi connectivity index (χ0v) is 17.1. The molecule has 2 aromatic carbocycles. The van der Waals surface area contributed by atoms with E-state index in [0.717, 1.165) is 5.56 Å². The summed E-state index contributed by atoms with van der Waals surface area (Å²) in [5.74, 6) is -0.742. The third kappa shape index (κ3) is 7.46. The Morgan fingerprint density at radius 3 is 2.28 bits per heavy atom. The number of halogens is 1. The molecule has 0 fully saturated rings. The molecular weight excluding hydrogens is 394 g/mol. The topological polar surface area (TPSA) is 96.5 Å². The zero-order valence-electron chi connectivity index (χ0n) is 16.3. The quantitative estimate of drug-likeness (QED) is 0.573. The number of amides is 3. The number of para-hydroxylation sites is 1. The van der Waals surface area contributed by atoms with Crippen molar-refractivity contribution in [3.05, 3.63) is 59.1 Å². The lowest BCUT2D eigenvalue weighted by Crippen LogP contribution is -2.48. The summed E-state index contributed by atoms with van der Waals surface area (Å²) in [4.78, 5) is 36.1. The van der Waals surface area contributed by atoms with Crippen LogP contribution in [0.4, 0.5) is 5.69 Å². The third-order valence-corrected chi connectivity index (χ3v) is 4.34. The van der Waals surface area contributed by atoms with Crippen molar-refractivity contribution >= 4 is 35.0 Å². The monoisotopic (exact) mass is 417 g/mol. The average molecular weight is 418 g/mol. The van der Waals surface area contributed by atoms with Gasteiger partial charge in [-0.3, -0.25) is 25.2 Å². The van der Waals surface area contributed by atoms with Crippen LogP contribution in [-0.4, -0.2) is 23.8 Å². The van der Waals surface area contributed by atoms with Gasteiger partial charge in [-0.15, -0.1) is 0 Å². The van der Waals surface area contributed by atoms with Gasteiger partial charge in [0.1, 0.15) is 5.75 Å². The molecule has 7 nitrogen and oxygen atoms in total. The Labute approximate surface area is 174 Å². The first kappa shape index (κ1) is 22.2. The van der Waals surface area contributed by atoms with Crippen LogP contribution in [-0.2, 0) is 14.4 Å². The number of nitrogens with one attached hydrogen (secondary N) is 3. The van der Waals surface area contributed by atoms with Gasteiger partial charge in [0.2, 0.25) is 11.8 Å². The first-order valence-electron chi connectivity index (χ1n) is 9.25. The zero-order chi connectivity index (χ0) is 21.2. The summed E-state index contributed by atoms with van der Waals surface area (Å²) in [6, 6.07) is 14.1. The lowest BCUT2D eigenvalue weighted by Gasteiger charge is -2.17. The molecule has 0 aliphatic carbocycles. The molecule has 0 unspecified atom stereocenters. The van der Waals surface area contributed by atoms with Crippen molar-refractivity contribution in [3.8, 4) is 5.75 Å². The summed E-state index contributed by atoms with van der Waals surface area (Å²) in [5, 5.41) is 3.04. The predicted molar refractivity (Wildman–Crippen MR) is 111 cm³/mol. The fourth-order valence-electron chi connectivity index (χ4n) is 2.38. The first-order chi connectivity index (χ1) is 13.9. The number of hydrogen-bond donors (Lipinski definition) is 3. The van der Waals surface area contributed by atoms with Crippen LogP contribution >= 0.6 is 11.6 Å². The maximum Gasteiger partial charge on any atom is 0.279 e. The molecule has 0 bridgehead atoms. The molecule has 0 spiro atoms. The summed E-state index contributed by atoms with van der Waals surface area (Å²) >= 11 is 5.97. The Hall–Kier alpha value is -3.06. The van der Waals surface area contributed by atoms with Crippen LogP contribution in [0.3, 0.4) is 0 Å². The second-order valence-corrected chi connectivity index (χ2v) is 6.80. The molecule has 1 atom stereocenters. The van der Waals surface area contributed by atoms with Crippen LogP contribution in [0.1, 0.15) is 31.7 Å². The van der Waals surface area contributed by atoms with Crippen molar-refractivity contribution in [2.45, 2.75) is 39.2 Å². The summed E-state index contributed by atoms with van der Waals surface area (Å²) in [7, 11) is 0. The number of anilines is 1. The Bertz CT molecular complexity index is 855. The van der Waals surface area contributed by atoms with Crippen LogP contribution in [0.5, 0.6) is 5.75 Å². The van der Waals surface area contributed by atoms with Crippen molar-refractivity contribution in [3.63, 3.8) is 0 Å². The Balaban J connectivity index is 1.74. The molecule has 154 valence electrons. The van der Waals surface area contributed by atoms with Gasteiger partial charge in [-0.25, -0.2) is 0 Å². The van der Waals surface area contributed by atoms with Crippen molar-refractivity contribution in [2.75, 3.05) is 5.32 Å². The summed E-state index contributed by atoms with van der Waals surface area (Å²) < 4.78 is 5.65. The minimum Gasteiger partial charge on any atom is -0.481 e. The van der Waals surface area contributed by atoms with Gasteiger partial charge in [-0.05, 0) is 37.6 Å². The Morgan fingerprint density at radius 2 is 1.62 bits per heavy atom. The highest BCUT2D eigenvalue weighted by molar-refractivity contribution is 6.33. The van der Waals surface area contributed by atoms with E-state index in [1.54, 1.807) is 43.3 Å². The summed E-state index contributed by atoms with van der Waals surface area (Å²) in [6.07, 6.45) is -0.465. The first-order valence-corrected chi connectivity index (χ1v) is 9.63. The van der Waals surface area contributed by atoms with Gasteiger partial charge in [-0.2, -0.15) is 0 Å². The van der Waals surface area contributed by atoms with E-state index in [4.69, 9.17) is 16.3 Å². The fraction of sp³-hybridized carbons (Fsp3) is 0.286. The lowest BCUT2D eigenvalue weighted by atomic mass is 10.2. The number of carbonyl (C=O) groups is 3. The average Bonchev–Trinajstić information content (AvgIpc) is 2.71. The standard InChI is InChI=1S/C21H24ClN3O4/c1-3-18(29-15-10-8-14(2)9-11-15)21(28)25-24-20(27)13-12-19(26)23-17-7-5-4-6-16(17)22/h4-11,18H,3,12-13H2,1-2H3,(H,23,26)(H,24,27)(H,25,28)/t18-/m1/s1. The molecule has 29 heavy (non-hydrogen) atoms. The molecule has 0 radical (unpaired) electrons. The maximum absolute atomic E-state index is 12.2. The smallest absolute Gasteiger partial charge is 0.279 e. The summed E-state index contributed by atoms with van der Waals surface area (Å²) in [5.41, 5.74) is 6.19. The number of rotatable bonds is 8. The van der Waals surface area contributed by atoms with Crippen molar-refractivity contribution in [1.82, 2.24) is 10.9 Å². The van der Waals surface area contributed by atoms with Gasteiger partial charge >= 0.3 is 0 Å². The molecule has 0 aromatic heterocycles. The fourth-order valence-corrected chi connectivity index (χ4v) is 2.56. The van der Waals surface area contributed by atoms with E-state index < -0.39 is 17.9 Å². The van der Waals surface area contributed by atoms with E-state index >= 15 is 0 Å². The SMILES string of the molecule is CC[C@@H](Oc1ccc(C)cc1)C(=O)NNC(=O)CCC(=O)Nc1ccccc1Cl. The molecule has 3 N–H and O–H groups in total. The van der Waals surface area contributed by atoms with Gasteiger partial charge in [0, 0.05) is 12.8 Å². The second-order valence-electron chi connectivity index (χ2n) is 6.39. The van der Waals surface area contributed by atoms with E-state index in [2.05, 4.69) is 16.2 Å². The van der Waals surface area contributed by atoms with Gasteiger partial charge in [0.25, 0.3) is 5.91 Å². The van der Waals surface area contributed by atoms with Crippen molar-refractivity contribution < 1.29 is 19.1 Å². The van der Waals surface area contributed by atoms with Gasteiger partial charge in [-0.1, -0.05) is 48.4 Å². The third-order valence-electron chi connectivity index (χ3n) is 4.01. The molecule has 0 aliphatic heterocycles. The summed E-state index contributed by atoms with van der Waals surface area (Å²) in [6.45, 7) is 3.76. The Morgan fingerprint density at radius 1 is 0.966 bits per heavy atom. The molecule has 0 saturated heterocycles. The number of benzene rings is 2. The molecule has 0 heterocycles. The number of hydrogen-bond acceptors (Lipinski definition) is 4. The highest BCUT2D eigenvalue weighted by Gasteiger charge is 2.19. The van der Waals surface area contributed by atoms with E-state index in [9.17, 15) is 14.4 Å². The molecule has 0 aliphatic rings.